The zero-order chi connectivity index (χ0) is 31.5. The standard InChI is InChI=1S/C29H22Cl2N4O6S3/c1-14-5-9-16(10-6-14)35-26(37)22-21(18-3-2-4-19(30)23(18)31)25-28(42-24(22)27(35)38)34(29(39)43-25)13-20(36)33-15-7-11-17(12-8-15)44(32,40)41/h2-12,21-22,24H,13H2,1H3,(H,33,36)(H2,32,40,41). The maximum atomic E-state index is 14.0. The van der Waals surface area contributed by atoms with E-state index in [0.717, 1.165) is 28.7 Å². The molecule has 1 aromatic heterocycles. The lowest BCUT2D eigenvalue weighted by molar-refractivity contribution is -0.122. The third kappa shape index (κ3) is 5.37. The molecule has 0 aliphatic carbocycles. The summed E-state index contributed by atoms with van der Waals surface area (Å²) in [6.07, 6.45) is 0. The van der Waals surface area contributed by atoms with Gasteiger partial charge in [-0.05, 0) is 55.0 Å². The number of hydrogen-bond donors (Lipinski definition) is 2. The zero-order valence-electron chi connectivity index (χ0n) is 22.7. The van der Waals surface area contributed by atoms with Gasteiger partial charge in [0, 0.05) is 16.5 Å². The fourth-order valence-electron chi connectivity index (χ4n) is 5.37. The van der Waals surface area contributed by atoms with E-state index in [0.29, 0.717) is 26.8 Å². The van der Waals surface area contributed by atoms with Gasteiger partial charge >= 0.3 is 4.87 Å². The number of nitrogens with zero attached hydrogens (tertiary/aromatic N) is 2. The molecule has 44 heavy (non-hydrogen) atoms. The van der Waals surface area contributed by atoms with Crippen molar-refractivity contribution in [2.45, 2.75) is 34.6 Å². The van der Waals surface area contributed by atoms with Crippen LogP contribution < -0.4 is 20.2 Å². The first-order valence-corrected chi connectivity index (χ1v) is 17.1. The predicted octanol–water partition coefficient (Wildman–Crippen LogP) is 4.61. The van der Waals surface area contributed by atoms with Gasteiger partial charge in [0.15, 0.2) is 0 Å². The van der Waals surface area contributed by atoms with Gasteiger partial charge in [-0.25, -0.2) is 18.5 Å². The van der Waals surface area contributed by atoms with Gasteiger partial charge in [0.2, 0.25) is 27.7 Å². The van der Waals surface area contributed by atoms with Crippen molar-refractivity contribution in [2.24, 2.45) is 11.1 Å². The van der Waals surface area contributed by atoms with Crippen LogP contribution in [0.25, 0.3) is 0 Å². The van der Waals surface area contributed by atoms with Crippen molar-refractivity contribution in [2.75, 3.05) is 10.2 Å². The number of aryl methyl sites for hydroxylation is 1. The fourth-order valence-corrected chi connectivity index (χ4v) is 9.08. The van der Waals surface area contributed by atoms with Crippen molar-refractivity contribution < 1.29 is 22.8 Å². The van der Waals surface area contributed by atoms with Gasteiger partial charge in [-0.15, -0.1) is 0 Å². The lowest BCUT2D eigenvalue weighted by Crippen LogP contribution is -2.33. The first-order chi connectivity index (χ1) is 20.8. The highest BCUT2D eigenvalue weighted by atomic mass is 35.5. The summed E-state index contributed by atoms with van der Waals surface area (Å²) in [6, 6.07) is 17.3. The zero-order valence-corrected chi connectivity index (χ0v) is 26.7. The highest BCUT2D eigenvalue weighted by Gasteiger charge is 2.57. The molecule has 3 atom stereocenters. The second-order valence-electron chi connectivity index (χ2n) is 10.3. The summed E-state index contributed by atoms with van der Waals surface area (Å²) in [5, 5.41) is 7.72. The lowest BCUT2D eigenvalue weighted by Gasteiger charge is -2.31. The van der Waals surface area contributed by atoms with Gasteiger partial charge in [-0.2, -0.15) is 0 Å². The summed E-state index contributed by atoms with van der Waals surface area (Å²) in [5.41, 5.74) is 2.19. The number of hydrogen-bond acceptors (Lipinski definition) is 8. The molecule has 1 saturated heterocycles. The van der Waals surface area contributed by atoms with Crippen molar-refractivity contribution in [3.05, 3.63) is 102 Å². The maximum absolute atomic E-state index is 14.0. The van der Waals surface area contributed by atoms with Crippen LogP contribution in [0.5, 0.6) is 0 Å². The van der Waals surface area contributed by atoms with Crippen LogP contribution in [0.15, 0.2) is 81.4 Å². The number of carbonyl (C=O) groups excluding carboxylic acids is 3. The van der Waals surface area contributed by atoms with Crippen LogP contribution in [0.4, 0.5) is 11.4 Å². The van der Waals surface area contributed by atoms with Crippen molar-refractivity contribution >= 4 is 85.4 Å². The molecule has 1 fully saturated rings. The number of fused-ring (bicyclic) bond motifs is 2. The van der Waals surface area contributed by atoms with E-state index >= 15 is 0 Å². The molecule has 3 amide bonds. The fraction of sp³-hybridized carbons (Fsp3) is 0.172. The summed E-state index contributed by atoms with van der Waals surface area (Å²) >= 11 is 15.0. The van der Waals surface area contributed by atoms with E-state index in [1.54, 1.807) is 30.3 Å². The number of amides is 3. The minimum Gasteiger partial charge on any atom is -0.325 e. The summed E-state index contributed by atoms with van der Waals surface area (Å²) in [4.78, 5) is 55.4. The third-order valence-corrected chi connectivity index (χ3v) is 11.8. The van der Waals surface area contributed by atoms with Crippen molar-refractivity contribution in [1.82, 2.24) is 4.57 Å². The smallest absolute Gasteiger partial charge is 0.308 e. The summed E-state index contributed by atoms with van der Waals surface area (Å²) in [6.45, 7) is 1.50. The number of nitrogens with one attached hydrogen (secondary N) is 1. The molecular formula is C29H22Cl2N4O6S3. The van der Waals surface area contributed by atoms with Gasteiger partial charge < -0.3 is 5.32 Å². The van der Waals surface area contributed by atoms with Crippen molar-refractivity contribution in [3.8, 4) is 0 Å². The minimum atomic E-state index is -3.91. The van der Waals surface area contributed by atoms with Crippen LogP contribution in [0.3, 0.4) is 0 Å². The molecule has 3 heterocycles. The number of halogens is 2. The normalized spacial score (nSPS) is 19.5. The Balaban J connectivity index is 1.39. The lowest BCUT2D eigenvalue weighted by atomic mass is 9.83. The van der Waals surface area contributed by atoms with Gasteiger partial charge in [-0.1, -0.05) is 76.1 Å². The van der Waals surface area contributed by atoms with E-state index in [1.807, 2.05) is 19.1 Å². The molecule has 4 aromatic rings. The molecule has 3 N–H and O–H groups in total. The quantitative estimate of drug-likeness (QED) is 0.281. The maximum Gasteiger partial charge on any atom is 0.308 e. The van der Waals surface area contributed by atoms with E-state index in [2.05, 4.69) is 5.32 Å². The number of aromatic nitrogens is 1. The van der Waals surface area contributed by atoms with Gasteiger partial charge in [0.1, 0.15) is 11.8 Å². The van der Waals surface area contributed by atoms with Crippen LogP contribution in [0.2, 0.25) is 10.0 Å². The van der Waals surface area contributed by atoms with Crippen molar-refractivity contribution in [1.29, 1.82) is 0 Å². The monoisotopic (exact) mass is 688 g/mol. The van der Waals surface area contributed by atoms with E-state index < -0.39 is 56.2 Å². The Bertz CT molecular complexity index is 2010. The van der Waals surface area contributed by atoms with Gasteiger partial charge in [0.25, 0.3) is 0 Å². The second kappa shape index (κ2) is 11.5. The highest BCUT2D eigenvalue weighted by molar-refractivity contribution is 8.00. The van der Waals surface area contributed by atoms with Crippen LogP contribution in [0, 0.1) is 12.8 Å². The second-order valence-corrected chi connectivity index (χ2v) is 14.7. The number of thiazole rings is 1. The van der Waals surface area contributed by atoms with Crippen molar-refractivity contribution in [3.63, 3.8) is 0 Å². The highest BCUT2D eigenvalue weighted by Crippen LogP contribution is 2.55. The largest absolute Gasteiger partial charge is 0.325 e. The number of anilines is 2. The minimum absolute atomic E-state index is 0.120. The molecule has 3 aromatic carbocycles. The Hall–Kier alpha value is -3.46. The third-order valence-electron chi connectivity index (χ3n) is 7.43. The SMILES string of the molecule is Cc1ccc(N2C(=O)C3Sc4c(sc(=O)n4CC(=O)Nc4ccc(S(N)(=O)=O)cc4)C(c4cccc(Cl)c4Cl)C3C2=O)cc1. The van der Waals surface area contributed by atoms with E-state index in [9.17, 15) is 27.6 Å². The first kappa shape index (κ1) is 30.6. The number of thioether (sulfide) groups is 1. The number of benzene rings is 3. The molecule has 3 unspecified atom stereocenters. The molecule has 226 valence electrons. The van der Waals surface area contributed by atoms with Crippen LogP contribution in [-0.4, -0.2) is 36.0 Å². The van der Waals surface area contributed by atoms with E-state index in [-0.39, 0.29) is 14.9 Å². The summed E-state index contributed by atoms with van der Waals surface area (Å²) in [7, 11) is -3.91. The topological polar surface area (TPSA) is 149 Å². The average molecular weight is 690 g/mol. The van der Waals surface area contributed by atoms with Crippen LogP contribution in [0.1, 0.15) is 21.9 Å². The number of rotatable bonds is 6. The number of imide groups is 1. The number of carbonyl (C=O) groups is 3. The van der Waals surface area contributed by atoms with Crippen LogP contribution in [-0.2, 0) is 31.0 Å². The molecular weight excluding hydrogens is 667 g/mol. The van der Waals surface area contributed by atoms with Gasteiger partial charge in [0.05, 0.1) is 31.6 Å². The number of nitrogens with two attached hydrogens (primary N) is 1. The molecule has 0 spiro atoms. The molecule has 6 rings (SSSR count). The molecule has 15 heteroatoms. The number of primary sulfonamides is 1. The summed E-state index contributed by atoms with van der Waals surface area (Å²) < 4.78 is 24.4. The van der Waals surface area contributed by atoms with E-state index in [1.165, 1.54) is 33.7 Å². The molecule has 10 nitrogen and oxygen atoms in total. The molecule has 0 radical (unpaired) electrons. The Labute approximate surface area is 269 Å². The Morgan fingerprint density at radius 2 is 1.66 bits per heavy atom. The van der Waals surface area contributed by atoms with Crippen LogP contribution >= 0.6 is 46.3 Å². The Morgan fingerprint density at radius 3 is 2.32 bits per heavy atom. The average Bonchev–Trinajstić information content (AvgIpc) is 3.41. The Kier molecular flexibility index (Phi) is 7.97. The van der Waals surface area contributed by atoms with Gasteiger partial charge in [-0.3, -0.25) is 23.7 Å². The van der Waals surface area contributed by atoms with E-state index in [4.69, 9.17) is 28.3 Å². The summed E-state index contributed by atoms with van der Waals surface area (Å²) in [5.74, 6) is -3.08. The molecule has 2 aliphatic rings. The molecule has 0 saturated carbocycles. The molecule has 2 aliphatic heterocycles. The Morgan fingerprint density at radius 1 is 0.977 bits per heavy atom. The molecule has 0 bridgehead atoms. The first-order valence-electron chi connectivity index (χ1n) is 13.1. The number of sulfonamides is 1. The predicted molar refractivity (Wildman–Crippen MR) is 170 cm³/mol.